The fraction of sp³-hybridized carbons (Fsp3) is 0.400. The average Bonchev–Trinajstić information content (AvgIpc) is 3.17. The lowest BCUT2D eigenvalue weighted by Gasteiger charge is -2.33. The summed E-state index contributed by atoms with van der Waals surface area (Å²) >= 11 is 0. The molecule has 4 rings (SSSR count). The summed E-state index contributed by atoms with van der Waals surface area (Å²) in [6.45, 7) is 2.95. The lowest BCUT2D eigenvalue weighted by Crippen LogP contribution is -2.35. The molecule has 0 radical (unpaired) electrons. The van der Waals surface area contributed by atoms with Crippen molar-refractivity contribution in [3.8, 4) is 0 Å². The number of fused-ring (bicyclic) bond motifs is 1. The molecule has 0 saturated carbocycles. The van der Waals surface area contributed by atoms with Crippen LogP contribution in [0, 0.1) is 5.82 Å². The number of likely N-dealkylation sites (tertiary alicyclic amines) is 1. The Morgan fingerprint density at radius 1 is 1.10 bits per heavy atom. The lowest BCUT2D eigenvalue weighted by molar-refractivity contribution is -0.127. The van der Waals surface area contributed by atoms with E-state index in [0.29, 0.717) is 12.5 Å². The Morgan fingerprint density at radius 3 is 2.60 bits per heavy atom. The summed E-state index contributed by atoms with van der Waals surface area (Å²) in [7, 11) is 3.59. The minimum absolute atomic E-state index is 0.102. The topological polar surface area (TPSA) is 28.5 Å². The van der Waals surface area contributed by atoms with Gasteiger partial charge in [-0.25, -0.2) is 4.39 Å². The fourth-order valence-corrected chi connectivity index (χ4v) is 4.36. The van der Waals surface area contributed by atoms with Crippen molar-refractivity contribution in [3.05, 3.63) is 71.7 Å². The Morgan fingerprint density at radius 2 is 1.87 bits per heavy atom. The van der Waals surface area contributed by atoms with Crippen LogP contribution in [0.5, 0.6) is 0 Å². The van der Waals surface area contributed by atoms with Crippen molar-refractivity contribution in [1.29, 1.82) is 0 Å². The Labute approximate surface area is 177 Å². The van der Waals surface area contributed by atoms with E-state index in [9.17, 15) is 9.18 Å². The Hall–Kier alpha value is -2.66. The molecule has 30 heavy (non-hydrogen) atoms. The normalized spacial score (nSPS) is 15.6. The number of piperidine rings is 1. The number of hydrogen-bond donors (Lipinski definition) is 0. The van der Waals surface area contributed by atoms with Crippen LogP contribution in [0.25, 0.3) is 10.9 Å². The third kappa shape index (κ3) is 4.57. The minimum atomic E-state index is -0.102. The largest absolute Gasteiger partial charge is 0.349 e. The number of carbonyl (C=O) groups excluding carboxylic acids is 1. The van der Waals surface area contributed by atoms with Crippen LogP contribution in [-0.4, -0.2) is 54.0 Å². The minimum Gasteiger partial charge on any atom is -0.349 e. The molecule has 0 spiro atoms. The number of halogens is 1. The van der Waals surface area contributed by atoms with Gasteiger partial charge in [0.1, 0.15) is 5.82 Å². The smallest absolute Gasteiger partial charge is 0.226 e. The predicted molar refractivity (Wildman–Crippen MR) is 119 cm³/mol. The highest BCUT2D eigenvalue weighted by molar-refractivity contribution is 5.84. The van der Waals surface area contributed by atoms with Gasteiger partial charge in [-0.15, -0.1) is 0 Å². The van der Waals surface area contributed by atoms with Gasteiger partial charge in [-0.05, 0) is 54.0 Å². The van der Waals surface area contributed by atoms with Crippen molar-refractivity contribution in [2.75, 3.05) is 33.7 Å². The molecule has 0 atom stereocenters. The van der Waals surface area contributed by atoms with Crippen LogP contribution in [0.1, 0.15) is 30.0 Å². The van der Waals surface area contributed by atoms with Crippen LogP contribution >= 0.6 is 0 Å². The zero-order chi connectivity index (χ0) is 21.1. The van der Waals surface area contributed by atoms with Gasteiger partial charge < -0.3 is 14.4 Å². The van der Waals surface area contributed by atoms with Crippen LogP contribution < -0.4 is 0 Å². The molecule has 1 amide bonds. The zero-order valence-electron chi connectivity index (χ0n) is 17.9. The number of carbonyl (C=O) groups is 1. The lowest BCUT2D eigenvalue weighted by atomic mass is 10.0. The van der Waals surface area contributed by atoms with E-state index in [1.165, 1.54) is 10.9 Å². The maximum Gasteiger partial charge on any atom is 0.226 e. The molecule has 3 aromatic rings. The van der Waals surface area contributed by atoms with E-state index >= 15 is 0 Å². The average molecular weight is 408 g/mol. The highest BCUT2D eigenvalue weighted by Gasteiger charge is 2.21. The molecule has 0 unspecified atom stereocenters. The van der Waals surface area contributed by atoms with Crippen molar-refractivity contribution < 1.29 is 9.18 Å². The zero-order valence-corrected chi connectivity index (χ0v) is 17.9. The molecule has 1 aliphatic rings. The maximum absolute atomic E-state index is 13.9. The summed E-state index contributed by atoms with van der Waals surface area (Å²) in [5, 5.41) is 1.22. The first kappa shape index (κ1) is 20.6. The number of hydrogen-bond acceptors (Lipinski definition) is 2. The quantitative estimate of drug-likeness (QED) is 0.610. The van der Waals surface area contributed by atoms with Crippen LogP contribution in [0.3, 0.4) is 0 Å². The van der Waals surface area contributed by atoms with Crippen LogP contribution in [0.2, 0.25) is 0 Å². The molecule has 0 N–H and O–H groups in total. The molecule has 1 saturated heterocycles. The van der Waals surface area contributed by atoms with Crippen molar-refractivity contribution in [3.63, 3.8) is 0 Å². The summed E-state index contributed by atoms with van der Waals surface area (Å²) < 4.78 is 16.2. The molecule has 4 nitrogen and oxygen atoms in total. The first-order valence-electron chi connectivity index (χ1n) is 10.8. The molecule has 2 aromatic carbocycles. The number of nitrogens with zero attached hydrogens (tertiary/aromatic N) is 3. The van der Waals surface area contributed by atoms with Gasteiger partial charge in [0, 0.05) is 51.5 Å². The van der Waals surface area contributed by atoms with Crippen molar-refractivity contribution >= 4 is 16.8 Å². The Balaban J connectivity index is 1.39. The van der Waals surface area contributed by atoms with Crippen molar-refractivity contribution in [2.45, 2.75) is 31.7 Å². The molecule has 1 aromatic heterocycles. The number of aromatic nitrogens is 1. The van der Waals surface area contributed by atoms with Crippen molar-refractivity contribution in [1.82, 2.24) is 14.4 Å². The predicted octanol–water partition coefficient (Wildman–Crippen LogP) is 4.29. The number of benzene rings is 2. The summed E-state index contributed by atoms with van der Waals surface area (Å²) in [6.07, 6.45) is 5.54. The molecule has 0 bridgehead atoms. The first-order valence-corrected chi connectivity index (χ1v) is 10.8. The second kappa shape index (κ2) is 9.00. The van der Waals surface area contributed by atoms with Gasteiger partial charge >= 0.3 is 0 Å². The molecule has 1 fully saturated rings. The summed E-state index contributed by atoms with van der Waals surface area (Å²) in [4.78, 5) is 16.2. The Bertz CT molecular complexity index is 1020. The maximum atomic E-state index is 13.9. The van der Waals surface area contributed by atoms with E-state index in [1.807, 2.05) is 12.1 Å². The third-order valence-electron chi connectivity index (χ3n) is 6.25. The van der Waals surface area contributed by atoms with E-state index in [-0.39, 0.29) is 11.7 Å². The van der Waals surface area contributed by atoms with Gasteiger partial charge in [0.25, 0.3) is 0 Å². The highest BCUT2D eigenvalue weighted by Crippen LogP contribution is 2.28. The van der Waals surface area contributed by atoms with Crippen LogP contribution in [0.15, 0.2) is 54.7 Å². The second-order valence-corrected chi connectivity index (χ2v) is 8.50. The van der Waals surface area contributed by atoms with Gasteiger partial charge in [-0.2, -0.15) is 0 Å². The van der Waals surface area contributed by atoms with E-state index in [1.54, 1.807) is 31.1 Å². The fourth-order valence-electron chi connectivity index (χ4n) is 4.36. The SMILES string of the molecule is CN(C)C(=O)Cc1ccc2ccn(C3CCN(CCc4ccccc4F)CC3)c2c1. The van der Waals surface area contributed by atoms with Gasteiger partial charge in [-0.3, -0.25) is 4.79 Å². The summed E-state index contributed by atoms with van der Waals surface area (Å²) in [5.41, 5.74) is 3.07. The standard InChI is InChI=1S/C25H30FN3O/c1-27(2)25(30)18-19-7-8-21-10-16-29(24(21)17-19)22-11-14-28(15-12-22)13-9-20-5-3-4-6-23(20)26/h3-8,10,16-17,22H,9,11-15,18H2,1-2H3. The third-order valence-corrected chi connectivity index (χ3v) is 6.25. The number of amides is 1. The van der Waals surface area contributed by atoms with E-state index in [2.05, 4.69) is 39.9 Å². The van der Waals surface area contributed by atoms with Crippen molar-refractivity contribution in [2.24, 2.45) is 0 Å². The first-order chi connectivity index (χ1) is 14.5. The molecular weight excluding hydrogens is 377 g/mol. The summed E-state index contributed by atoms with van der Waals surface area (Å²) in [5.74, 6) is 0.0189. The number of likely N-dealkylation sites (N-methyl/N-ethyl adjacent to an activating group) is 1. The van der Waals surface area contributed by atoms with Gasteiger partial charge in [0.15, 0.2) is 0 Å². The molecule has 158 valence electrons. The Kier molecular flexibility index (Phi) is 6.18. The van der Waals surface area contributed by atoms with Crippen LogP contribution in [-0.2, 0) is 17.6 Å². The van der Waals surface area contributed by atoms with E-state index in [0.717, 1.165) is 50.0 Å². The monoisotopic (exact) mass is 407 g/mol. The van der Waals surface area contributed by atoms with E-state index in [4.69, 9.17) is 0 Å². The molecule has 5 heteroatoms. The second-order valence-electron chi connectivity index (χ2n) is 8.50. The van der Waals surface area contributed by atoms with Gasteiger partial charge in [-0.1, -0.05) is 30.3 Å². The van der Waals surface area contributed by atoms with Crippen LogP contribution in [0.4, 0.5) is 4.39 Å². The molecule has 2 heterocycles. The molecular formula is C25H30FN3O. The van der Waals surface area contributed by atoms with Gasteiger partial charge in [0.2, 0.25) is 5.91 Å². The summed E-state index contributed by atoms with van der Waals surface area (Å²) in [6, 6.07) is 16.0. The van der Waals surface area contributed by atoms with Gasteiger partial charge in [0.05, 0.1) is 6.42 Å². The highest BCUT2D eigenvalue weighted by atomic mass is 19.1. The molecule has 0 aliphatic carbocycles. The number of rotatable bonds is 6. The molecule has 1 aliphatic heterocycles. The van der Waals surface area contributed by atoms with E-state index < -0.39 is 0 Å².